The van der Waals surface area contributed by atoms with Gasteiger partial charge in [-0.25, -0.2) is 4.98 Å². The molecule has 1 atom stereocenters. The Balaban J connectivity index is 1.57. The van der Waals surface area contributed by atoms with E-state index >= 15 is 0 Å². The lowest BCUT2D eigenvalue weighted by Crippen LogP contribution is -2.52. The highest BCUT2D eigenvalue weighted by atomic mass is 35.5. The van der Waals surface area contributed by atoms with E-state index in [9.17, 15) is 9.59 Å². The molecule has 2 aromatic rings. The molecule has 6 nitrogen and oxygen atoms in total. The molecule has 146 valence electrons. The molecular formula is C20H20ClN3O3S. The molecule has 1 aromatic heterocycles. The van der Waals surface area contributed by atoms with Crippen molar-refractivity contribution in [3.63, 3.8) is 0 Å². The summed E-state index contributed by atoms with van der Waals surface area (Å²) in [6.45, 7) is 4.13. The molecule has 28 heavy (non-hydrogen) atoms. The molecule has 0 spiro atoms. The van der Waals surface area contributed by atoms with E-state index in [1.54, 1.807) is 29.3 Å². The number of anilines is 1. The number of hydrogen-bond donors (Lipinski definition) is 1. The number of carbonyl (C=O) groups excluding carboxylic acids is 2. The minimum Gasteiger partial charge on any atom is -0.475 e. The number of nitrogens with zero attached hydrogens (tertiary/aromatic N) is 2. The van der Waals surface area contributed by atoms with Crippen LogP contribution in [0.25, 0.3) is 0 Å². The first kappa shape index (κ1) is 19.1. The first-order valence-corrected chi connectivity index (χ1v) is 10.3. The molecule has 4 rings (SSSR count). The maximum absolute atomic E-state index is 13.2. The van der Waals surface area contributed by atoms with Crippen LogP contribution in [0, 0.1) is 0 Å². The minimum atomic E-state index is -0.967. The molecule has 2 aliphatic rings. The number of ether oxygens (including phenoxy) is 1. The zero-order chi connectivity index (χ0) is 19.9. The minimum absolute atomic E-state index is 0.0180. The van der Waals surface area contributed by atoms with Gasteiger partial charge in [0.1, 0.15) is 0 Å². The normalized spacial score (nSPS) is 20.3. The molecule has 2 amide bonds. The van der Waals surface area contributed by atoms with E-state index in [1.807, 2.05) is 26.0 Å². The topological polar surface area (TPSA) is 71.5 Å². The van der Waals surface area contributed by atoms with Gasteiger partial charge in [-0.1, -0.05) is 29.4 Å². The highest BCUT2D eigenvalue weighted by Gasteiger charge is 2.57. The Morgan fingerprint density at radius 3 is 3.04 bits per heavy atom. The lowest BCUT2D eigenvalue weighted by atomic mass is 10.1. The SMILES string of the molecule is CC(C)Oc1ncccc1CNC(=O)[C@@]12CCC(=O)N1c1cc(Cl)ccc1S2. The Bertz CT molecular complexity index is 952. The van der Waals surface area contributed by atoms with Crippen molar-refractivity contribution in [2.45, 2.75) is 49.1 Å². The van der Waals surface area contributed by atoms with Gasteiger partial charge in [-0.05, 0) is 44.5 Å². The Labute approximate surface area is 172 Å². The van der Waals surface area contributed by atoms with E-state index < -0.39 is 4.87 Å². The van der Waals surface area contributed by atoms with Gasteiger partial charge < -0.3 is 10.1 Å². The Morgan fingerprint density at radius 2 is 2.25 bits per heavy atom. The van der Waals surface area contributed by atoms with Gasteiger partial charge in [0.25, 0.3) is 5.91 Å². The number of thioether (sulfide) groups is 1. The van der Waals surface area contributed by atoms with Gasteiger partial charge in [-0.15, -0.1) is 0 Å². The van der Waals surface area contributed by atoms with Crippen molar-refractivity contribution in [1.29, 1.82) is 0 Å². The molecule has 0 radical (unpaired) electrons. The molecule has 1 N–H and O–H groups in total. The van der Waals surface area contributed by atoms with Crippen molar-refractivity contribution in [2.24, 2.45) is 0 Å². The number of carbonyl (C=O) groups is 2. The van der Waals surface area contributed by atoms with Gasteiger partial charge in [-0.2, -0.15) is 0 Å². The third-order valence-corrected chi connectivity index (χ3v) is 6.43. The predicted octanol–water partition coefficient (Wildman–Crippen LogP) is 3.77. The molecule has 0 unspecified atom stereocenters. The van der Waals surface area contributed by atoms with Crippen molar-refractivity contribution in [1.82, 2.24) is 10.3 Å². The van der Waals surface area contributed by atoms with Crippen molar-refractivity contribution < 1.29 is 14.3 Å². The number of aromatic nitrogens is 1. The van der Waals surface area contributed by atoms with Gasteiger partial charge in [-0.3, -0.25) is 14.5 Å². The summed E-state index contributed by atoms with van der Waals surface area (Å²) in [5.74, 6) is 0.243. The van der Waals surface area contributed by atoms with E-state index in [-0.39, 0.29) is 24.5 Å². The van der Waals surface area contributed by atoms with Crippen molar-refractivity contribution in [3.8, 4) is 5.88 Å². The summed E-state index contributed by atoms with van der Waals surface area (Å²) in [4.78, 5) is 31.6. The summed E-state index contributed by atoms with van der Waals surface area (Å²) in [5.41, 5.74) is 1.50. The zero-order valence-corrected chi connectivity index (χ0v) is 17.1. The van der Waals surface area contributed by atoms with Gasteiger partial charge in [0, 0.05) is 34.6 Å². The summed E-state index contributed by atoms with van der Waals surface area (Å²) < 4.78 is 5.72. The van der Waals surface area contributed by atoms with Crippen LogP contribution in [0.15, 0.2) is 41.4 Å². The van der Waals surface area contributed by atoms with Gasteiger partial charge in [0.2, 0.25) is 11.8 Å². The van der Waals surface area contributed by atoms with Gasteiger partial charge in [0.05, 0.1) is 11.8 Å². The van der Waals surface area contributed by atoms with Crippen molar-refractivity contribution >= 4 is 40.9 Å². The lowest BCUT2D eigenvalue weighted by Gasteiger charge is -2.29. The summed E-state index contributed by atoms with van der Waals surface area (Å²) >= 11 is 7.53. The van der Waals surface area contributed by atoms with Crippen LogP contribution < -0.4 is 15.0 Å². The van der Waals surface area contributed by atoms with Crippen molar-refractivity contribution in [2.75, 3.05) is 4.90 Å². The van der Waals surface area contributed by atoms with E-state index in [1.165, 1.54) is 11.8 Å². The predicted molar refractivity (Wildman–Crippen MR) is 109 cm³/mol. The number of amides is 2. The third kappa shape index (κ3) is 3.22. The van der Waals surface area contributed by atoms with Crippen LogP contribution in [0.4, 0.5) is 5.69 Å². The average molecular weight is 418 g/mol. The summed E-state index contributed by atoms with van der Waals surface area (Å²) in [6, 6.07) is 9.06. The summed E-state index contributed by atoms with van der Waals surface area (Å²) in [6.07, 6.45) is 2.43. The number of pyridine rings is 1. The molecule has 2 aliphatic heterocycles. The van der Waals surface area contributed by atoms with E-state index in [0.29, 0.717) is 29.4 Å². The zero-order valence-electron chi connectivity index (χ0n) is 15.6. The number of benzene rings is 1. The molecule has 1 saturated heterocycles. The number of nitrogens with one attached hydrogen (secondary N) is 1. The van der Waals surface area contributed by atoms with E-state index in [4.69, 9.17) is 16.3 Å². The van der Waals surface area contributed by atoms with Gasteiger partial charge in [0.15, 0.2) is 4.87 Å². The van der Waals surface area contributed by atoms with Gasteiger partial charge >= 0.3 is 0 Å². The Kier molecular flexibility index (Phi) is 4.97. The average Bonchev–Trinajstić information content (AvgIpc) is 3.16. The quantitative estimate of drug-likeness (QED) is 0.801. The molecule has 3 heterocycles. The maximum atomic E-state index is 13.2. The highest BCUT2D eigenvalue weighted by Crippen LogP contribution is 2.56. The molecule has 8 heteroatoms. The maximum Gasteiger partial charge on any atom is 0.257 e. The molecule has 1 aromatic carbocycles. The van der Waals surface area contributed by atoms with Crippen LogP contribution in [0.1, 0.15) is 32.3 Å². The van der Waals surface area contributed by atoms with Crippen LogP contribution in [-0.4, -0.2) is 27.8 Å². The smallest absolute Gasteiger partial charge is 0.257 e. The largest absolute Gasteiger partial charge is 0.475 e. The molecular weight excluding hydrogens is 398 g/mol. The van der Waals surface area contributed by atoms with Crippen LogP contribution >= 0.6 is 23.4 Å². The Morgan fingerprint density at radius 1 is 1.43 bits per heavy atom. The molecule has 0 saturated carbocycles. The van der Waals surface area contributed by atoms with Crippen LogP contribution in [0.3, 0.4) is 0 Å². The fourth-order valence-electron chi connectivity index (χ4n) is 3.52. The molecule has 1 fully saturated rings. The number of hydrogen-bond acceptors (Lipinski definition) is 5. The second kappa shape index (κ2) is 7.29. The third-order valence-electron chi connectivity index (χ3n) is 4.72. The second-order valence-corrected chi connectivity index (χ2v) is 8.80. The molecule has 0 aliphatic carbocycles. The van der Waals surface area contributed by atoms with Crippen LogP contribution in [0.2, 0.25) is 5.02 Å². The molecule has 0 bridgehead atoms. The number of halogens is 1. The first-order valence-electron chi connectivity index (χ1n) is 9.11. The van der Waals surface area contributed by atoms with Crippen LogP contribution in [-0.2, 0) is 16.1 Å². The standard InChI is InChI=1S/C20H20ClN3O3S/c1-12(2)27-18-13(4-3-9-22-18)11-23-19(26)20-8-7-17(25)24(20)15-10-14(21)5-6-16(15)28-20/h3-6,9-10,12H,7-8,11H2,1-2H3,(H,23,26)/t20-/m0/s1. The van der Waals surface area contributed by atoms with Crippen molar-refractivity contribution in [3.05, 3.63) is 47.1 Å². The summed E-state index contributed by atoms with van der Waals surface area (Å²) in [7, 11) is 0. The fourth-order valence-corrected chi connectivity index (χ4v) is 5.11. The monoisotopic (exact) mass is 417 g/mol. The number of fused-ring (bicyclic) bond motifs is 3. The lowest BCUT2D eigenvalue weighted by molar-refractivity contribution is -0.125. The number of rotatable bonds is 5. The van der Waals surface area contributed by atoms with E-state index in [2.05, 4.69) is 10.3 Å². The van der Waals surface area contributed by atoms with E-state index in [0.717, 1.165) is 10.5 Å². The Hall–Kier alpha value is -2.25. The highest BCUT2D eigenvalue weighted by molar-refractivity contribution is 8.02. The second-order valence-electron chi connectivity index (χ2n) is 7.04. The summed E-state index contributed by atoms with van der Waals surface area (Å²) in [5, 5.41) is 3.52. The first-order chi connectivity index (χ1) is 13.4. The van der Waals surface area contributed by atoms with Crippen LogP contribution in [0.5, 0.6) is 5.88 Å². The fraction of sp³-hybridized carbons (Fsp3) is 0.350.